The fourth-order valence-corrected chi connectivity index (χ4v) is 6.27. The number of rotatable bonds is 5. The van der Waals surface area contributed by atoms with Crippen molar-refractivity contribution >= 4 is 89.0 Å². The third-order valence-corrected chi connectivity index (χ3v) is 9.33. The lowest BCUT2D eigenvalue weighted by molar-refractivity contribution is -0.384. The van der Waals surface area contributed by atoms with Crippen LogP contribution in [0.1, 0.15) is 0 Å². The summed E-state index contributed by atoms with van der Waals surface area (Å²) in [5.41, 5.74) is 11.2. The maximum Gasteiger partial charge on any atom is 0.271 e. The van der Waals surface area contributed by atoms with E-state index in [1.165, 1.54) is 36.4 Å². The van der Waals surface area contributed by atoms with Gasteiger partial charge in [0.05, 0.1) is 60.6 Å². The molecule has 0 unspecified atom stereocenters. The number of aromatic nitrogens is 8. The van der Waals surface area contributed by atoms with E-state index in [-0.39, 0.29) is 17.1 Å². The summed E-state index contributed by atoms with van der Waals surface area (Å²) in [6.07, 6.45) is 13.9. The fourth-order valence-electron chi connectivity index (χ4n) is 5.80. The van der Waals surface area contributed by atoms with Crippen molar-refractivity contribution in [3.63, 3.8) is 0 Å². The minimum absolute atomic E-state index is 0.0434. The molecule has 6 heterocycles. The first-order valence-corrected chi connectivity index (χ1v) is 19.0. The second-order valence-electron chi connectivity index (χ2n) is 12.8. The number of halogens is 1. The molecule has 0 amide bonds. The van der Waals surface area contributed by atoms with Crippen LogP contribution in [0.4, 0.5) is 22.7 Å². The van der Waals surface area contributed by atoms with E-state index in [0.717, 1.165) is 47.7 Å². The van der Waals surface area contributed by atoms with Gasteiger partial charge in [0.25, 0.3) is 17.1 Å². The molecule has 0 saturated heterocycles. The molecule has 19 heteroatoms. The van der Waals surface area contributed by atoms with E-state index in [1.54, 1.807) is 70.8 Å². The molecule has 300 valence electrons. The number of nitro benzene ring substituents is 3. The first-order chi connectivity index (χ1) is 29.5. The van der Waals surface area contributed by atoms with Crippen molar-refractivity contribution in [2.45, 2.75) is 0 Å². The number of fused-ring (bicyclic) bond motifs is 4. The quantitative estimate of drug-likeness (QED) is 0.0733. The molecule has 0 aliphatic carbocycles. The number of non-ortho nitro benzene ring substituents is 3. The van der Waals surface area contributed by atoms with Crippen LogP contribution in [0.2, 0.25) is 0 Å². The van der Waals surface area contributed by atoms with Gasteiger partial charge in [0.15, 0.2) is 0 Å². The molecule has 0 bridgehead atoms. The monoisotopic (exact) mass is 924 g/mol. The molecule has 0 aliphatic heterocycles. The molecule has 10 rings (SSSR count). The molecule has 6 aromatic heterocycles. The third-order valence-electron chi connectivity index (χ3n) is 8.74. The molecule has 4 aromatic carbocycles. The van der Waals surface area contributed by atoms with Crippen molar-refractivity contribution in [1.82, 2.24) is 39.5 Å². The molecule has 0 atom stereocenters. The normalized spacial score (nSPS) is 10.5. The summed E-state index contributed by atoms with van der Waals surface area (Å²) in [7, 11) is 0. The molecule has 18 nitrogen and oxygen atoms in total. The second kappa shape index (κ2) is 18.5. The van der Waals surface area contributed by atoms with Crippen molar-refractivity contribution in [2.24, 2.45) is 0 Å². The summed E-state index contributed by atoms with van der Waals surface area (Å²) in [5, 5.41) is 43.6. The molecular weight excluding hydrogens is 895 g/mol. The molecule has 2 N–H and O–H groups in total. The SMILES string of the molecule is Nc1ccc2cc(-n3cccn3)cnc2c1.O=[N+]([O-])c1ccc2cc(-n3cccn3)cnc2c1.O=[N+]([O-])c1ccc2cc(I)cnc2c1.O=[N+]([O-])c1ccc2cccnc2c1. The van der Waals surface area contributed by atoms with Crippen LogP contribution in [0, 0.1) is 33.9 Å². The molecule has 0 aliphatic rings. The van der Waals surface area contributed by atoms with Crippen LogP contribution in [0.15, 0.2) is 165 Å². The highest BCUT2D eigenvalue weighted by Gasteiger charge is 2.09. The zero-order chi connectivity index (χ0) is 42.9. The minimum atomic E-state index is -0.428. The number of nitro groups is 3. The van der Waals surface area contributed by atoms with Gasteiger partial charge in [0.1, 0.15) is 0 Å². The molecule has 0 fully saturated rings. The summed E-state index contributed by atoms with van der Waals surface area (Å²) in [4.78, 5) is 47.0. The molecule has 0 radical (unpaired) electrons. The molecule has 0 spiro atoms. The number of benzene rings is 4. The Morgan fingerprint density at radius 3 is 1.41 bits per heavy atom. The molecular formula is C42H29IN12O6. The van der Waals surface area contributed by atoms with Crippen molar-refractivity contribution in [3.05, 3.63) is 199 Å². The molecule has 10 aromatic rings. The highest BCUT2D eigenvalue weighted by atomic mass is 127. The van der Waals surface area contributed by atoms with E-state index in [0.29, 0.717) is 16.6 Å². The first-order valence-electron chi connectivity index (χ1n) is 17.9. The van der Waals surface area contributed by atoms with Crippen molar-refractivity contribution < 1.29 is 14.8 Å². The van der Waals surface area contributed by atoms with Gasteiger partial charge in [-0.05, 0) is 89.3 Å². The van der Waals surface area contributed by atoms with Crippen molar-refractivity contribution in [2.75, 3.05) is 5.73 Å². The predicted molar refractivity (Wildman–Crippen MR) is 238 cm³/mol. The van der Waals surface area contributed by atoms with Gasteiger partial charge in [-0.3, -0.25) is 50.3 Å². The highest BCUT2D eigenvalue weighted by molar-refractivity contribution is 14.1. The Kier molecular flexibility index (Phi) is 12.4. The van der Waals surface area contributed by atoms with E-state index >= 15 is 0 Å². The summed E-state index contributed by atoms with van der Waals surface area (Å²) >= 11 is 2.15. The van der Waals surface area contributed by atoms with Crippen LogP contribution in [-0.2, 0) is 0 Å². The van der Waals surface area contributed by atoms with Crippen LogP contribution in [0.25, 0.3) is 55.0 Å². The predicted octanol–water partition coefficient (Wildman–Crippen LogP) is 9.22. The summed E-state index contributed by atoms with van der Waals surface area (Å²) in [5.74, 6) is 0. The van der Waals surface area contributed by atoms with Crippen LogP contribution >= 0.6 is 22.6 Å². The average molecular weight is 925 g/mol. The lowest BCUT2D eigenvalue weighted by atomic mass is 10.2. The second-order valence-corrected chi connectivity index (χ2v) is 14.0. The number of nitrogens with zero attached hydrogens (tertiary/aromatic N) is 11. The Bertz CT molecular complexity index is 3190. The van der Waals surface area contributed by atoms with Gasteiger partial charge in [0, 0.05) is 104 Å². The number of anilines is 1. The maximum atomic E-state index is 10.7. The highest BCUT2D eigenvalue weighted by Crippen LogP contribution is 2.23. The molecule has 61 heavy (non-hydrogen) atoms. The van der Waals surface area contributed by atoms with E-state index in [2.05, 4.69) is 52.7 Å². The maximum absolute atomic E-state index is 10.7. The minimum Gasteiger partial charge on any atom is -0.399 e. The van der Waals surface area contributed by atoms with Crippen molar-refractivity contribution in [1.29, 1.82) is 0 Å². The van der Waals surface area contributed by atoms with Gasteiger partial charge in [-0.15, -0.1) is 0 Å². The first kappa shape index (κ1) is 40.9. The Morgan fingerprint density at radius 1 is 0.475 bits per heavy atom. The summed E-state index contributed by atoms with van der Waals surface area (Å²) in [6.45, 7) is 0. The van der Waals surface area contributed by atoms with Gasteiger partial charge in [-0.2, -0.15) is 10.2 Å². The number of nitrogens with two attached hydrogens (primary N) is 1. The number of nitrogen functional groups attached to an aromatic ring is 1. The summed E-state index contributed by atoms with van der Waals surface area (Å²) in [6, 6.07) is 32.9. The molecule has 0 saturated carbocycles. The zero-order valence-electron chi connectivity index (χ0n) is 31.4. The third kappa shape index (κ3) is 10.2. The smallest absolute Gasteiger partial charge is 0.271 e. The number of hydrogen-bond donors (Lipinski definition) is 1. The Balaban J connectivity index is 0.000000124. The lowest BCUT2D eigenvalue weighted by Crippen LogP contribution is -1.95. The van der Waals surface area contributed by atoms with Gasteiger partial charge in [-0.25, -0.2) is 9.36 Å². The van der Waals surface area contributed by atoms with Crippen molar-refractivity contribution in [3.8, 4) is 11.4 Å². The van der Waals surface area contributed by atoms with Gasteiger partial charge < -0.3 is 5.73 Å². The van der Waals surface area contributed by atoms with E-state index < -0.39 is 14.8 Å². The van der Waals surface area contributed by atoms with Gasteiger partial charge in [0.2, 0.25) is 0 Å². The topological polar surface area (TPSA) is 243 Å². The number of pyridine rings is 4. The largest absolute Gasteiger partial charge is 0.399 e. The van der Waals surface area contributed by atoms with E-state index in [4.69, 9.17) is 5.73 Å². The summed E-state index contributed by atoms with van der Waals surface area (Å²) < 4.78 is 4.49. The van der Waals surface area contributed by atoms with Crippen LogP contribution in [0.3, 0.4) is 0 Å². The van der Waals surface area contributed by atoms with E-state index in [1.807, 2.05) is 67.0 Å². The van der Waals surface area contributed by atoms with Crippen LogP contribution in [0.5, 0.6) is 0 Å². The van der Waals surface area contributed by atoms with Gasteiger partial charge in [-0.1, -0.05) is 12.1 Å². The Morgan fingerprint density at radius 2 is 0.918 bits per heavy atom. The van der Waals surface area contributed by atoms with Gasteiger partial charge >= 0.3 is 0 Å². The lowest BCUT2D eigenvalue weighted by Gasteiger charge is -2.03. The fraction of sp³-hybridized carbons (Fsp3) is 0. The van der Waals surface area contributed by atoms with E-state index in [9.17, 15) is 30.3 Å². The number of hydrogen-bond acceptors (Lipinski definition) is 13. The Hall–Kier alpha value is -8.33. The average Bonchev–Trinajstić information content (AvgIpc) is 4.03. The van der Waals surface area contributed by atoms with Crippen LogP contribution in [-0.4, -0.2) is 54.3 Å². The van der Waals surface area contributed by atoms with Crippen LogP contribution < -0.4 is 5.73 Å². The standard InChI is InChI=1S/C12H8N4O2.C12H10N4.C9H5IN2O2.C9H6N2O2/c17-16(18)10-3-2-9-6-11(8-13-12(9)7-10)15-5-1-4-14-15;13-10-3-2-9-6-11(8-14-12(9)7-10)16-5-1-4-15-16;10-7-3-6-1-2-8(12(13)14)4-9(6)11-5-7;12-11(13)8-4-3-7-2-1-5-10-9(7)6-8/h1-8H;1-8H,13H2;1-5H;1-6H. The Labute approximate surface area is 357 Å². The zero-order valence-corrected chi connectivity index (χ0v) is 33.6.